The Kier molecular flexibility index (Phi) is 3.84. The Balaban J connectivity index is 1.92. The zero-order valence-corrected chi connectivity index (χ0v) is 12.5. The SMILES string of the molecule is Cc1ccccc1C(=O)C1CN(C(=O)OC(C)(C)C)C1. The van der Waals surface area contributed by atoms with Gasteiger partial charge >= 0.3 is 6.09 Å². The maximum Gasteiger partial charge on any atom is 0.410 e. The number of Topliss-reactive ketones (excluding diaryl/α,β-unsaturated/α-hetero) is 1. The van der Waals surface area contributed by atoms with Gasteiger partial charge in [0, 0.05) is 18.7 Å². The number of likely N-dealkylation sites (tertiary alicyclic amines) is 1. The summed E-state index contributed by atoms with van der Waals surface area (Å²) in [6.45, 7) is 8.32. The second-order valence-electron chi connectivity index (χ2n) is 6.26. The molecule has 2 rings (SSSR count). The number of amides is 1. The van der Waals surface area contributed by atoms with Gasteiger partial charge in [0.25, 0.3) is 0 Å². The summed E-state index contributed by atoms with van der Waals surface area (Å²) in [5, 5.41) is 0. The van der Waals surface area contributed by atoms with Crippen molar-refractivity contribution in [1.29, 1.82) is 0 Å². The number of hydrogen-bond donors (Lipinski definition) is 0. The van der Waals surface area contributed by atoms with Crippen LogP contribution in [0.4, 0.5) is 4.79 Å². The molecule has 0 N–H and O–H groups in total. The lowest BCUT2D eigenvalue weighted by molar-refractivity contribution is 0.00148. The highest BCUT2D eigenvalue weighted by atomic mass is 16.6. The van der Waals surface area contributed by atoms with Crippen molar-refractivity contribution in [3.05, 3.63) is 35.4 Å². The Labute approximate surface area is 119 Å². The van der Waals surface area contributed by atoms with Crippen LogP contribution >= 0.6 is 0 Å². The molecule has 0 aliphatic carbocycles. The van der Waals surface area contributed by atoms with Crippen molar-refractivity contribution in [2.24, 2.45) is 5.92 Å². The summed E-state index contributed by atoms with van der Waals surface area (Å²) >= 11 is 0. The minimum atomic E-state index is -0.498. The first-order valence-corrected chi connectivity index (χ1v) is 6.86. The van der Waals surface area contributed by atoms with Crippen molar-refractivity contribution >= 4 is 11.9 Å². The van der Waals surface area contributed by atoms with Gasteiger partial charge in [-0.15, -0.1) is 0 Å². The van der Waals surface area contributed by atoms with E-state index in [0.29, 0.717) is 13.1 Å². The molecule has 0 saturated carbocycles. The summed E-state index contributed by atoms with van der Waals surface area (Å²) in [4.78, 5) is 25.7. The summed E-state index contributed by atoms with van der Waals surface area (Å²) in [6.07, 6.45) is -0.341. The van der Waals surface area contributed by atoms with Gasteiger partial charge in [-0.05, 0) is 33.3 Å². The molecule has 4 heteroatoms. The van der Waals surface area contributed by atoms with Crippen LogP contribution in [-0.4, -0.2) is 35.5 Å². The first kappa shape index (κ1) is 14.6. The number of ketones is 1. The summed E-state index contributed by atoms with van der Waals surface area (Å²) in [5.74, 6) is 0.00604. The molecule has 108 valence electrons. The number of rotatable bonds is 2. The van der Waals surface area contributed by atoms with Crippen LogP contribution in [0.3, 0.4) is 0 Å². The van der Waals surface area contributed by atoms with Gasteiger partial charge in [0.1, 0.15) is 5.60 Å². The zero-order valence-electron chi connectivity index (χ0n) is 12.5. The van der Waals surface area contributed by atoms with E-state index in [1.807, 2.05) is 52.0 Å². The number of nitrogens with zero attached hydrogens (tertiary/aromatic N) is 1. The summed E-state index contributed by atoms with van der Waals surface area (Å²) in [5.41, 5.74) is 1.23. The van der Waals surface area contributed by atoms with Crippen molar-refractivity contribution in [3.8, 4) is 0 Å². The van der Waals surface area contributed by atoms with Crippen LogP contribution in [0, 0.1) is 12.8 Å². The molecule has 1 saturated heterocycles. The lowest BCUT2D eigenvalue weighted by Gasteiger charge is -2.39. The molecule has 0 bridgehead atoms. The van der Waals surface area contributed by atoms with E-state index in [1.54, 1.807) is 4.90 Å². The van der Waals surface area contributed by atoms with Crippen LogP contribution in [0.15, 0.2) is 24.3 Å². The van der Waals surface area contributed by atoms with Gasteiger partial charge in [0.15, 0.2) is 5.78 Å². The summed E-state index contributed by atoms with van der Waals surface area (Å²) in [7, 11) is 0. The van der Waals surface area contributed by atoms with Gasteiger partial charge in [-0.25, -0.2) is 4.79 Å². The quantitative estimate of drug-likeness (QED) is 0.779. The normalized spacial score (nSPS) is 15.7. The highest BCUT2D eigenvalue weighted by Crippen LogP contribution is 2.24. The molecule has 1 heterocycles. The summed E-state index contributed by atoms with van der Waals surface area (Å²) in [6, 6.07) is 7.55. The number of carbonyl (C=O) groups excluding carboxylic acids is 2. The molecule has 1 aliphatic rings. The van der Waals surface area contributed by atoms with E-state index < -0.39 is 5.60 Å². The van der Waals surface area contributed by atoms with Gasteiger partial charge < -0.3 is 9.64 Å². The standard InChI is InChI=1S/C16H21NO3/c1-11-7-5-6-8-13(11)14(18)12-9-17(10-12)15(19)20-16(2,3)4/h5-8,12H,9-10H2,1-4H3. The molecule has 4 nitrogen and oxygen atoms in total. The smallest absolute Gasteiger partial charge is 0.410 e. The number of aryl methyl sites for hydroxylation is 1. The molecule has 1 aromatic rings. The largest absolute Gasteiger partial charge is 0.444 e. The van der Waals surface area contributed by atoms with Crippen molar-refractivity contribution in [1.82, 2.24) is 4.90 Å². The Morgan fingerprint density at radius 2 is 1.80 bits per heavy atom. The van der Waals surface area contributed by atoms with Crippen molar-refractivity contribution in [2.75, 3.05) is 13.1 Å². The fourth-order valence-corrected chi connectivity index (χ4v) is 2.19. The number of benzene rings is 1. The lowest BCUT2D eigenvalue weighted by Crippen LogP contribution is -2.54. The Morgan fingerprint density at radius 1 is 1.20 bits per heavy atom. The first-order chi connectivity index (χ1) is 9.28. The average molecular weight is 275 g/mol. The molecule has 1 amide bonds. The van der Waals surface area contributed by atoms with Gasteiger partial charge in [0.2, 0.25) is 0 Å². The zero-order chi connectivity index (χ0) is 14.9. The monoisotopic (exact) mass is 275 g/mol. The predicted octanol–water partition coefficient (Wildman–Crippen LogP) is 3.04. The molecule has 0 aromatic heterocycles. The topological polar surface area (TPSA) is 46.6 Å². The molecule has 0 spiro atoms. The van der Waals surface area contributed by atoms with Crippen LogP contribution in [0.2, 0.25) is 0 Å². The molecule has 1 aromatic carbocycles. The molecule has 1 fully saturated rings. The molecular weight excluding hydrogens is 254 g/mol. The molecule has 1 aliphatic heterocycles. The van der Waals surface area contributed by atoms with Gasteiger partial charge in [-0.3, -0.25) is 4.79 Å². The predicted molar refractivity (Wildman–Crippen MR) is 76.8 cm³/mol. The third-order valence-electron chi connectivity index (χ3n) is 3.31. The summed E-state index contributed by atoms with van der Waals surface area (Å²) < 4.78 is 5.27. The fraction of sp³-hybridized carbons (Fsp3) is 0.500. The van der Waals surface area contributed by atoms with E-state index in [9.17, 15) is 9.59 Å². The van der Waals surface area contributed by atoms with Gasteiger partial charge in [0.05, 0.1) is 5.92 Å². The average Bonchev–Trinajstić information content (AvgIpc) is 2.24. The molecule has 0 atom stereocenters. The Hall–Kier alpha value is -1.84. The van der Waals surface area contributed by atoms with Crippen LogP contribution in [0.5, 0.6) is 0 Å². The van der Waals surface area contributed by atoms with Crippen molar-refractivity contribution in [3.63, 3.8) is 0 Å². The Bertz CT molecular complexity index is 525. The van der Waals surface area contributed by atoms with E-state index in [4.69, 9.17) is 4.74 Å². The van der Waals surface area contributed by atoms with E-state index in [2.05, 4.69) is 0 Å². The maximum absolute atomic E-state index is 12.3. The molecule has 0 radical (unpaired) electrons. The molecule has 20 heavy (non-hydrogen) atoms. The Morgan fingerprint density at radius 3 is 2.35 bits per heavy atom. The van der Waals surface area contributed by atoms with E-state index in [-0.39, 0.29) is 17.8 Å². The first-order valence-electron chi connectivity index (χ1n) is 6.86. The van der Waals surface area contributed by atoms with Crippen LogP contribution in [0.1, 0.15) is 36.7 Å². The third-order valence-corrected chi connectivity index (χ3v) is 3.31. The third kappa shape index (κ3) is 3.18. The van der Waals surface area contributed by atoms with Gasteiger partial charge in [-0.2, -0.15) is 0 Å². The fourth-order valence-electron chi connectivity index (χ4n) is 2.19. The maximum atomic E-state index is 12.3. The molecular formula is C16H21NO3. The number of hydrogen-bond acceptors (Lipinski definition) is 3. The van der Waals surface area contributed by atoms with Crippen LogP contribution < -0.4 is 0 Å². The number of ether oxygens (including phenoxy) is 1. The van der Waals surface area contributed by atoms with E-state index in [1.165, 1.54) is 0 Å². The van der Waals surface area contributed by atoms with Crippen LogP contribution in [0.25, 0.3) is 0 Å². The second-order valence-corrected chi connectivity index (χ2v) is 6.26. The number of carbonyl (C=O) groups is 2. The minimum Gasteiger partial charge on any atom is -0.444 e. The van der Waals surface area contributed by atoms with Crippen LogP contribution in [-0.2, 0) is 4.74 Å². The van der Waals surface area contributed by atoms with E-state index >= 15 is 0 Å². The minimum absolute atomic E-state index is 0.108. The van der Waals surface area contributed by atoms with Crippen molar-refractivity contribution < 1.29 is 14.3 Å². The lowest BCUT2D eigenvalue weighted by atomic mass is 9.89. The highest BCUT2D eigenvalue weighted by Gasteiger charge is 2.38. The van der Waals surface area contributed by atoms with Gasteiger partial charge in [-0.1, -0.05) is 24.3 Å². The highest BCUT2D eigenvalue weighted by molar-refractivity contribution is 6.00. The second kappa shape index (κ2) is 5.27. The van der Waals surface area contributed by atoms with E-state index in [0.717, 1.165) is 11.1 Å². The molecule has 0 unspecified atom stereocenters. The van der Waals surface area contributed by atoms with Crippen molar-refractivity contribution in [2.45, 2.75) is 33.3 Å².